The Hall–Kier alpha value is -1.97. The summed E-state index contributed by atoms with van der Waals surface area (Å²) in [4.78, 5) is 11.0. The third-order valence-electron chi connectivity index (χ3n) is 2.70. The molecule has 122 valence electrons. The molecular weight excluding hydrogens is 290 g/mol. The highest BCUT2D eigenvalue weighted by atomic mass is 16.6. The van der Waals surface area contributed by atoms with Crippen LogP contribution in [0.4, 0.5) is 0 Å². The van der Waals surface area contributed by atoms with Crippen LogP contribution in [0, 0.1) is 22.7 Å². The van der Waals surface area contributed by atoms with Gasteiger partial charge in [0.05, 0.1) is 26.7 Å². The topological polar surface area (TPSA) is 125 Å². The van der Waals surface area contributed by atoms with Crippen molar-refractivity contribution in [2.24, 2.45) is 0 Å². The van der Waals surface area contributed by atoms with Gasteiger partial charge < -0.3 is 24.6 Å². The monoisotopic (exact) mass is 311 g/mol. The highest BCUT2D eigenvalue weighted by Crippen LogP contribution is 2.16. The number of nitriles is 2. The van der Waals surface area contributed by atoms with Crippen molar-refractivity contribution in [3.63, 3.8) is 0 Å². The van der Waals surface area contributed by atoms with E-state index in [0.717, 1.165) is 26.3 Å². The molecule has 0 aliphatic carbocycles. The van der Waals surface area contributed by atoms with Crippen LogP contribution in [0.15, 0.2) is 11.1 Å². The van der Waals surface area contributed by atoms with Crippen LogP contribution in [0.1, 0.15) is 12.8 Å². The first kappa shape index (κ1) is 20.0. The quantitative estimate of drug-likeness (QED) is 0.408. The van der Waals surface area contributed by atoms with E-state index in [-0.39, 0.29) is 24.0 Å². The Labute approximate surface area is 129 Å². The fraction of sp³-hybridized carbons (Fsp3) is 0.643. The Morgan fingerprint density at radius 3 is 2.23 bits per heavy atom. The van der Waals surface area contributed by atoms with Crippen LogP contribution in [0.2, 0.25) is 0 Å². The fourth-order valence-corrected chi connectivity index (χ4v) is 1.50. The lowest BCUT2D eigenvalue weighted by Crippen LogP contribution is -2.30. The van der Waals surface area contributed by atoms with Gasteiger partial charge in [-0.05, 0) is 5.57 Å². The average Bonchev–Trinajstić information content (AvgIpc) is 2.57. The van der Waals surface area contributed by atoms with Crippen molar-refractivity contribution >= 4 is 5.97 Å². The second-order valence-electron chi connectivity index (χ2n) is 4.21. The van der Waals surface area contributed by atoms with E-state index in [0.29, 0.717) is 0 Å². The lowest BCUT2D eigenvalue weighted by Gasteiger charge is -2.11. The summed E-state index contributed by atoms with van der Waals surface area (Å²) in [5, 5.41) is 29.7. The van der Waals surface area contributed by atoms with Gasteiger partial charge in [-0.3, -0.25) is 4.79 Å². The van der Waals surface area contributed by atoms with Gasteiger partial charge in [-0.25, -0.2) is 0 Å². The number of carbonyl (C=O) groups excluding carboxylic acids is 1. The molecule has 2 N–H and O–H groups in total. The van der Waals surface area contributed by atoms with E-state index in [9.17, 15) is 9.90 Å². The van der Waals surface area contributed by atoms with Crippen LogP contribution < -0.4 is 5.32 Å². The first-order valence-corrected chi connectivity index (χ1v) is 6.67. The fourth-order valence-electron chi connectivity index (χ4n) is 1.50. The number of rotatable bonds is 5. The SMILES string of the molecule is C1COCCN1.COC(=O)CC(CC(O)OC)=C(C#N)C#N. The number of nitrogens with zero attached hydrogens (tertiary/aromatic N) is 2. The zero-order valence-electron chi connectivity index (χ0n) is 12.8. The lowest BCUT2D eigenvalue weighted by atomic mass is 10.0. The molecule has 0 amide bonds. The molecule has 0 saturated carbocycles. The molecule has 8 heteroatoms. The van der Waals surface area contributed by atoms with E-state index in [1.807, 2.05) is 0 Å². The van der Waals surface area contributed by atoms with Gasteiger partial charge in [0.25, 0.3) is 0 Å². The molecule has 1 fully saturated rings. The zero-order chi connectivity index (χ0) is 16.8. The number of ether oxygens (including phenoxy) is 3. The molecule has 0 aromatic rings. The van der Waals surface area contributed by atoms with Gasteiger partial charge in [-0.15, -0.1) is 0 Å². The van der Waals surface area contributed by atoms with E-state index in [2.05, 4.69) is 14.8 Å². The number of methoxy groups -OCH3 is 2. The lowest BCUT2D eigenvalue weighted by molar-refractivity contribution is -0.140. The van der Waals surface area contributed by atoms with Crippen molar-refractivity contribution in [1.82, 2.24) is 5.32 Å². The number of carbonyl (C=O) groups is 1. The summed E-state index contributed by atoms with van der Waals surface area (Å²) >= 11 is 0. The van der Waals surface area contributed by atoms with Crippen LogP contribution >= 0.6 is 0 Å². The Morgan fingerprint density at radius 1 is 1.32 bits per heavy atom. The molecule has 1 aliphatic rings. The van der Waals surface area contributed by atoms with Crippen molar-refractivity contribution < 1.29 is 24.1 Å². The Kier molecular flexibility index (Phi) is 11.6. The van der Waals surface area contributed by atoms with E-state index >= 15 is 0 Å². The van der Waals surface area contributed by atoms with Gasteiger partial charge in [0.2, 0.25) is 0 Å². The molecule has 8 nitrogen and oxygen atoms in total. The van der Waals surface area contributed by atoms with Crippen LogP contribution in [0.5, 0.6) is 0 Å². The maximum atomic E-state index is 11.0. The van der Waals surface area contributed by atoms with Gasteiger partial charge >= 0.3 is 5.97 Å². The summed E-state index contributed by atoms with van der Waals surface area (Å²) in [5.41, 5.74) is -0.00676. The summed E-state index contributed by atoms with van der Waals surface area (Å²) in [5.74, 6) is -0.582. The third kappa shape index (κ3) is 9.06. The number of morpholine rings is 1. The molecule has 0 aromatic heterocycles. The number of aliphatic hydroxyl groups excluding tert-OH is 1. The summed E-state index contributed by atoms with van der Waals surface area (Å²) in [7, 11) is 2.48. The Balaban J connectivity index is 0.000000604. The summed E-state index contributed by atoms with van der Waals surface area (Å²) in [6.45, 7) is 3.83. The predicted molar refractivity (Wildman–Crippen MR) is 76.2 cm³/mol. The third-order valence-corrected chi connectivity index (χ3v) is 2.70. The molecule has 0 aromatic carbocycles. The smallest absolute Gasteiger partial charge is 0.309 e. The van der Waals surface area contributed by atoms with Crippen molar-refractivity contribution in [3.05, 3.63) is 11.1 Å². The van der Waals surface area contributed by atoms with Crippen molar-refractivity contribution in [1.29, 1.82) is 10.5 Å². The summed E-state index contributed by atoms with van der Waals surface area (Å²) in [6, 6.07) is 3.31. The number of hydrogen-bond donors (Lipinski definition) is 2. The molecule has 0 radical (unpaired) electrons. The van der Waals surface area contributed by atoms with Crippen LogP contribution in [-0.4, -0.2) is 57.9 Å². The Bertz CT molecular complexity index is 419. The molecule has 1 saturated heterocycles. The number of allylic oxidation sites excluding steroid dienone is 1. The van der Waals surface area contributed by atoms with Gasteiger partial charge in [0, 0.05) is 26.6 Å². The molecule has 0 spiro atoms. The van der Waals surface area contributed by atoms with E-state index in [4.69, 9.17) is 15.3 Å². The van der Waals surface area contributed by atoms with Crippen LogP contribution in [0.3, 0.4) is 0 Å². The number of esters is 1. The molecule has 22 heavy (non-hydrogen) atoms. The minimum atomic E-state index is -1.16. The minimum Gasteiger partial charge on any atom is -0.469 e. The second kappa shape index (κ2) is 12.7. The van der Waals surface area contributed by atoms with E-state index in [1.54, 1.807) is 12.1 Å². The number of aliphatic hydroxyl groups is 1. The zero-order valence-corrected chi connectivity index (χ0v) is 12.8. The van der Waals surface area contributed by atoms with Crippen molar-refractivity contribution in [3.8, 4) is 12.1 Å². The highest BCUT2D eigenvalue weighted by molar-refractivity contribution is 5.73. The average molecular weight is 311 g/mol. The van der Waals surface area contributed by atoms with Crippen LogP contribution in [0.25, 0.3) is 0 Å². The maximum absolute atomic E-state index is 11.0. The minimum absolute atomic E-state index is 0.0813. The first-order valence-electron chi connectivity index (χ1n) is 6.67. The predicted octanol–water partition coefficient (Wildman–Crippen LogP) is -0.146. The largest absolute Gasteiger partial charge is 0.469 e. The first-order chi connectivity index (χ1) is 10.6. The standard InChI is InChI=1S/C10H12N2O4.C4H9NO/c1-15-9(13)3-7(4-10(14)16-2)8(5-11)6-12;1-3-6-4-2-5-1/h9,13H,3-4H2,1-2H3;5H,1-4H2. The van der Waals surface area contributed by atoms with E-state index < -0.39 is 12.3 Å². The Morgan fingerprint density at radius 2 is 1.91 bits per heavy atom. The molecule has 1 aliphatic heterocycles. The number of hydrogen-bond acceptors (Lipinski definition) is 8. The van der Waals surface area contributed by atoms with Gasteiger partial charge in [-0.2, -0.15) is 10.5 Å². The number of nitrogens with one attached hydrogen (secondary N) is 1. The van der Waals surface area contributed by atoms with Crippen molar-refractivity contribution in [2.45, 2.75) is 19.1 Å². The molecule has 0 bridgehead atoms. The second-order valence-corrected chi connectivity index (χ2v) is 4.21. The highest BCUT2D eigenvalue weighted by Gasteiger charge is 2.15. The normalized spacial score (nSPS) is 14.4. The van der Waals surface area contributed by atoms with Crippen LogP contribution in [-0.2, 0) is 19.0 Å². The molecule has 1 unspecified atom stereocenters. The van der Waals surface area contributed by atoms with Gasteiger partial charge in [0.1, 0.15) is 17.7 Å². The molecule has 1 atom stereocenters. The van der Waals surface area contributed by atoms with Crippen molar-refractivity contribution in [2.75, 3.05) is 40.5 Å². The summed E-state index contributed by atoms with van der Waals surface area (Å²) in [6.07, 6.45) is -1.45. The molecule has 1 heterocycles. The maximum Gasteiger partial charge on any atom is 0.309 e. The van der Waals surface area contributed by atoms with Gasteiger partial charge in [-0.1, -0.05) is 0 Å². The van der Waals surface area contributed by atoms with Gasteiger partial charge in [0.15, 0.2) is 6.29 Å². The molecular formula is C14H21N3O5. The van der Waals surface area contributed by atoms with E-state index in [1.165, 1.54) is 14.2 Å². The molecule has 1 rings (SSSR count). The summed E-state index contributed by atoms with van der Waals surface area (Å²) < 4.78 is 14.0.